The number of hydrogen-bond acceptors (Lipinski definition) is 4. The summed E-state index contributed by atoms with van der Waals surface area (Å²) in [6.45, 7) is 0. The number of carboxylic acids is 1. The lowest BCUT2D eigenvalue weighted by molar-refractivity contribution is -0.137. The van der Waals surface area contributed by atoms with Crippen molar-refractivity contribution in [2.24, 2.45) is 4.99 Å². The lowest BCUT2D eigenvalue weighted by atomic mass is 10.2. The summed E-state index contributed by atoms with van der Waals surface area (Å²) < 4.78 is 0. The maximum Gasteiger partial charge on any atom is 0.329 e. The Kier molecular flexibility index (Phi) is 2.64. The molecule has 1 heterocycles. The van der Waals surface area contributed by atoms with Crippen LogP contribution in [0.4, 0.5) is 0 Å². The number of rotatable bonds is 2. The summed E-state index contributed by atoms with van der Waals surface area (Å²) in [5, 5.41) is 18.9. The average molecular weight is 223 g/mol. The number of thioether (sulfide) groups is 1. The van der Waals surface area contributed by atoms with Crippen molar-refractivity contribution < 1.29 is 15.0 Å². The van der Waals surface area contributed by atoms with Crippen molar-refractivity contribution in [2.75, 3.05) is 5.75 Å². The van der Waals surface area contributed by atoms with E-state index in [2.05, 4.69) is 4.99 Å². The fourth-order valence-corrected chi connectivity index (χ4v) is 2.36. The molecule has 5 heteroatoms. The number of aliphatic carboxylic acids is 1. The van der Waals surface area contributed by atoms with Crippen molar-refractivity contribution in [3.63, 3.8) is 0 Å². The summed E-state index contributed by atoms with van der Waals surface area (Å²) in [4.78, 5) is 14.7. The smallest absolute Gasteiger partial charge is 0.329 e. The van der Waals surface area contributed by atoms with Crippen LogP contribution in [0, 0.1) is 0 Å². The van der Waals surface area contributed by atoms with Crippen molar-refractivity contribution in [1.82, 2.24) is 0 Å². The van der Waals surface area contributed by atoms with E-state index in [1.165, 1.54) is 11.8 Å². The SMILES string of the molecule is O=C(O)[C@H]1CSC(c2ccccc2O)=N1. The maximum absolute atomic E-state index is 10.7. The summed E-state index contributed by atoms with van der Waals surface area (Å²) in [6, 6.07) is 6.10. The minimum absolute atomic E-state index is 0.134. The highest BCUT2D eigenvalue weighted by molar-refractivity contribution is 8.14. The Bertz CT molecular complexity index is 430. The van der Waals surface area contributed by atoms with Crippen LogP contribution in [0.2, 0.25) is 0 Å². The third kappa shape index (κ3) is 1.97. The summed E-state index contributed by atoms with van der Waals surface area (Å²) >= 11 is 1.36. The van der Waals surface area contributed by atoms with Gasteiger partial charge in [0, 0.05) is 11.3 Å². The molecule has 4 nitrogen and oxygen atoms in total. The molecule has 0 fully saturated rings. The Morgan fingerprint density at radius 3 is 2.80 bits per heavy atom. The Morgan fingerprint density at radius 1 is 1.47 bits per heavy atom. The normalized spacial score (nSPS) is 20.0. The monoisotopic (exact) mass is 223 g/mol. The summed E-state index contributed by atoms with van der Waals surface area (Å²) in [6.07, 6.45) is 0. The van der Waals surface area contributed by atoms with Gasteiger partial charge in [0.15, 0.2) is 6.04 Å². The number of para-hydroxylation sites is 1. The number of carboxylic acid groups (broad SMARTS) is 1. The first-order valence-electron chi connectivity index (χ1n) is 4.40. The Balaban J connectivity index is 2.30. The Labute approximate surface area is 90.7 Å². The Morgan fingerprint density at radius 2 is 2.20 bits per heavy atom. The molecule has 1 aromatic rings. The van der Waals surface area contributed by atoms with Gasteiger partial charge >= 0.3 is 5.97 Å². The van der Waals surface area contributed by atoms with Crippen molar-refractivity contribution in [2.45, 2.75) is 6.04 Å². The lowest BCUT2D eigenvalue weighted by Crippen LogP contribution is -2.17. The number of phenols is 1. The van der Waals surface area contributed by atoms with Gasteiger partial charge in [-0.3, -0.25) is 4.99 Å². The third-order valence-electron chi connectivity index (χ3n) is 2.07. The van der Waals surface area contributed by atoms with E-state index < -0.39 is 12.0 Å². The Hall–Kier alpha value is -1.49. The highest BCUT2D eigenvalue weighted by Gasteiger charge is 2.26. The first-order chi connectivity index (χ1) is 7.18. The summed E-state index contributed by atoms with van der Waals surface area (Å²) in [7, 11) is 0. The first-order valence-corrected chi connectivity index (χ1v) is 5.39. The molecular weight excluding hydrogens is 214 g/mol. The van der Waals surface area contributed by atoms with Gasteiger partial charge in [0.05, 0.1) is 0 Å². The average Bonchev–Trinajstić information content (AvgIpc) is 2.67. The van der Waals surface area contributed by atoms with Gasteiger partial charge in [-0.05, 0) is 12.1 Å². The van der Waals surface area contributed by atoms with Crippen LogP contribution in [0.5, 0.6) is 5.75 Å². The van der Waals surface area contributed by atoms with Crippen LogP contribution in [-0.2, 0) is 4.79 Å². The highest BCUT2D eigenvalue weighted by atomic mass is 32.2. The molecule has 1 aromatic carbocycles. The minimum atomic E-state index is -0.923. The molecule has 0 aliphatic carbocycles. The van der Waals surface area contributed by atoms with Crippen LogP contribution < -0.4 is 0 Å². The zero-order valence-electron chi connectivity index (χ0n) is 7.75. The van der Waals surface area contributed by atoms with Gasteiger partial charge in [-0.15, -0.1) is 11.8 Å². The van der Waals surface area contributed by atoms with Crippen molar-refractivity contribution in [1.29, 1.82) is 0 Å². The topological polar surface area (TPSA) is 69.9 Å². The van der Waals surface area contributed by atoms with E-state index in [9.17, 15) is 9.90 Å². The highest BCUT2D eigenvalue weighted by Crippen LogP contribution is 2.28. The molecule has 1 aliphatic rings. The molecule has 0 amide bonds. The number of hydrogen-bond donors (Lipinski definition) is 2. The van der Waals surface area contributed by atoms with Gasteiger partial charge in [0.1, 0.15) is 10.8 Å². The van der Waals surface area contributed by atoms with E-state index in [-0.39, 0.29) is 5.75 Å². The van der Waals surface area contributed by atoms with Crippen LogP contribution in [0.25, 0.3) is 0 Å². The minimum Gasteiger partial charge on any atom is -0.507 e. The zero-order chi connectivity index (χ0) is 10.8. The number of benzene rings is 1. The molecule has 0 unspecified atom stereocenters. The zero-order valence-corrected chi connectivity index (χ0v) is 8.57. The summed E-state index contributed by atoms with van der Waals surface area (Å²) in [5.41, 5.74) is 0.603. The molecule has 78 valence electrons. The van der Waals surface area contributed by atoms with E-state index >= 15 is 0 Å². The molecule has 0 saturated carbocycles. The fourth-order valence-electron chi connectivity index (χ4n) is 1.30. The number of aromatic hydroxyl groups is 1. The maximum atomic E-state index is 10.7. The predicted molar refractivity (Wildman–Crippen MR) is 58.5 cm³/mol. The molecule has 0 radical (unpaired) electrons. The van der Waals surface area contributed by atoms with Gasteiger partial charge in [-0.25, -0.2) is 4.79 Å². The number of carbonyl (C=O) groups is 1. The van der Waals surface area contributed by atoms with Gasteiger partial charge < -0.3 is 10.2 Å². The van der Waals surface area contributed by atoms with E-state index in [1.807, 2.05) is 0 Å². The summed E-state index contributed by atoms with van der Waals surface area (Å²) in [5.74, 6) is -0.360. The van der Waals surface area contributed by atoms with Crippen LogP contribution in [0.3, 0.4) is 0 Å². The van der Waals surface area contributed by atoms with Crippen molar-refractivity contribution in [3.8, 4) is 5.75 Å². The second kappa shape index (κ2) is 3.94. The van der Waals surface area contributed by atoms with E-state index in [1.54, 1.807) is 24.3 Å². The second-order valence-corrected chi connectivity index (χ2v) is 4.13. The van der Waals surface area contributed by atoms with Crippen LogP contribution in [0.1, 0.15) is 5.56 Å². The number of aliphatic imine (C=N–C) groups is 1. The predicted octanol–water partition coefficient (Wildman–Crippen LogP) is 1.34. The van der Waals surface area contributed by atoms with Crippen molar-refractivity contribution >= 4 is 22.8 Å². The van der Waals surface area contributed by atoms with Gasteiger partial charge in [-0.1, -0.05) is 12.1 Å². The van der Waals surface area contributed by atoms with E-state index in [0.29, 0.717) is 16.4 Å². The fraction of sp³-hybridized carbons (Fsp3) is 0.200. The van der Waals surface area contributed by atoms with Gasteiger partial charge in [0.2, 0.25) is 0 Å². The van der Waals surface area contributed by atoms with Crippen LogP contribution >= 0.6 is 11.8 Å². The standard InChI is InChI=1S/C10H9NO3S/c12-8-4-2-1-3-6(8)9-11-7(5-15-9)10(13)14/h1-4,7,12H,5H2,(H,13,14)/t7-/m1/s1. The lowest BCUT2D eigenvalue weighted by Gasteiger charge is -2.01. The molecule has 1 atom stereocenters. The van der Waals surface area contributed by atoms with Crippen LogP contribution in [-0.4, -0.2) is 33.0 Å². The van der Waals surface area contributed by atoms with E-state index in [4.69, 9.17) is 5.11 Å². The largest absolute Gasteiger partial charge is 0.507 e. The third-order valence-corrected chi connectivity index (χ3v) is 3.15. The molecule has 1 aliphatic heterocycles. The van der Waals surface area contributed by atoms with Crippen molar-refractivity contribution in [3.05, 3.63) is 29.8 Å². The second-order valence-electron chi connectivity index (χ2n) is 3.12. The quantitative estimate of drug-likeness (QED) is 0.793. The first kappa shape index (κ1) is 10.0. The van der Waals surface area contributed by atoms with Crippen LogP contribution in [0.15, 0.2) is 29.3 Å². The molecular formula is C10H9NO3S. The molecule has 15 heavy (non-hydrogen) atoms. The molecule has 0 saturated heterocycles. The van der Waals surface area contributed by atoms with E-state index in [0.717, 1.165) is 0 Å². The molecule has 0 bridgehead atoms. The molecule has 2 N–H and O–H groups in total. The molecule has 0 aromatic heterocycles. The molecule has 2 rings (SSSR count). The van der Waals surface area contributed by atoms with Gasteiger partial charge in [0.25, 0.3) is 0 Å². The number of phenolic OH excluding ortho intramolecular Hbond substituents is 1. The molecule has 0 spiro atoms. The van der Waals surface area contributed by atoms with Gasteiger partial charge in [-0.2, -0.15) is 0 Å². The number of nitrogens with zero attached hydrogens (tertiary/aromatic N) is 1.